The van der Waals surface area contributed by atoms with Gasteiger partial charge in [0.2, 0.25) is 5.91 Å². The van der Waals surface area contributed by atoms with Gasteiger partial charge in [0.15, 0.2) is 0 Å². The van der Waals surface area contributed by atoms with Crippen LogP contribution < -0.4 is 5.32 Å². The summed E-state index contributed by atoms with van der Waals surface area (Å²) in [5.41, 5.74) is 1.90. The standard InChI is InChI=1S/C22H22N4O4/c1-25-21(29)17-5-4-16(11-18(17)22(25)30)20(28)26-9-6-15(7-10-26)19(27)24-13-14-3-2-8-23-12-14/h2-5,8,11-12,15H,6-7,9-10,13H2,1H3,(H,24,27). The van der Waals surface area contributed by atoms with E-state index in [0.29, 0.717) is 43.6 Å². The smallest absolute Gasteiger partial charge is 0.261 e. The van der Waals surface area contributed by atoms with E-state index in [2.05, 4.69) is 10.3 Å². The number of nitrogens with zero attached hydrogens (tertiary/aromatic N) is 3. The van der Waals surface area contributed by atoms with Gasteiger partial charge < -0.3 is 10.2 Å². The zero-order valence-electron chi connectivity index (χ0n) is 16.6. The molecule has 30 heavy (non-hydrogen) atoms. The third kappa shape index (κ3) is 3.68. The molecule has 8 nitrogen and oxygen atoms in total. The van der Waals surface area contributed by atoms with E-state index in [1.807, 2.05) is 12.1 Å². The quantitative estimate of drug-likeness (QED) is 0.776. The Morgan fingerprint density at radius 3 is 2.53 bits per heavy atom. The number of piperidine rings is 1. The number of carbonyl (C=O) groups is 4. The minimum atomic E-state index is -0.395. The fraction of sp³-hybridized carbons (Fsp3) is 0.318. The number of carbonyl (C=O) groups excluding carboxylic acids is 4. The Bertz CT molecular complexity index is 1010. The Labute approximate surface area is 173 Å². The second kappa shape index (κ2) is 8.06. The molecule has 0 radical (unpaired) electrons. The van der Waals surface area contributed by atoms with Gasteiger partial charge in [0.05, 0.1) is 11.1 Å². The topological polar surface area (TPSA) is 99.7 Å². The van der Waals surface area contributed by atoms with Crippen molar-refractivity contribution in [1.82, 2.24) is 20.1 Å². The minimum absolute atomic E-state index is 0.0179. The van der Waals surface area contributed by atoms with E-state index in [1.165, 1.54) is 19.2 Å². The average Bonchev–Trinajstić information content (AvgIpc) is 3.01. The predicted molar refractivity (Wildman–Crippen MR) is 108 cm³/mol. The maximum Gasteiger partial charge on any atom is 0.261 e. The van der Waals surface area contributed by atoms with Crippen molar-refractivity contribution in [3.8, 4) is 0 Å². The van der Waals surface area contributed by atoms with Gasteiger partial charge in [0, 0.05) is 50.6 Å². The Kier molecular flexibility index (Phi) is 5.31. The van der Waals surface area contributed by atoms with Crippen LogP contribution in [0, 0.1) is 5.92 Å². The van der Waals surface area contributed by atoms with E-state index >= 15 is 0 Å². The van der Waals surface area contributed by atoms with E-state index < -0.39 is 5.91 Å². The number of likely N-dealkylation sites (tertiary alicyclic amines) is 1. The van der Waals surface area contributed by atoms with Crippen LogP contribution in [0.4, 0.5) is 0 Å². The summed E-state index contributed by atoms with van der Waals surface area (Å²) >= 11 is 0. The highest BCUT2D eigenvalue weighted by atomic mass is 16.2. The van der Waals surface area contributed by atoms with Crippen molar-refractivity contribution >= 4 is 23.6 Å². The molecule has 2 aliphatic heterocycles. The number of amides is 4. The third-order valence-corrected chi connectivity index (χ3v) is 5.68. The molecule has 154 valence electrons. The fourth-order valence-electron chi connectivity index (χ4n) is 3.86. The molecule has 0 aliphatic carbocycles. The van der Waals surface area contributed by atoms with Crippen molar-refractivity contribution in [3.63, 3.8) is 0 Å². The summed E-state index contributed by atoms with van der Waals surface area (Å²) in [6.45, 7) is 1.36. The SMILES string of the molecule is CN1C(=O)c2ccc(C(=O)N3CCC(C(=O)NCc4cccnc4)CC3)cc2C1=O. The monoisotopic (exact) mass is 406 g/mol. The third-order valence-electron chi connectivity index (χ3n) is 5.68. The van der Waals surface area contributed by atoms with Crippen LogP contribution in [0.25, 0.3) is 0 Å². The number of benzene rings is 1. The summed E-state index contributed by atoms with van der Waals surface area (Å²) < 4.78 is 0. The largest absolute Gasteiger partial charge is 0.352 e. The average molecular weight is 406 g/mol. The molecule has 0 bridgehead atoms. The molecule has 0 atom stereocenters. The number of aromatic nitrogens is 1. The van der Waals surface area contributed by atoms with Crippen LogP contribution in [0.2, 0.25) is 0 Å². The van der Waals surface area contributed by atoms with Crippen molar-refractivity contribution in [3.05, 3.63) is 65.0 Å². The first-order valence-electron chi connectivity index (χ1n) is 9.88. The lowest BCUT2D eigenvalue weighted by Gasteiger charge is -2.31. The number of fused-ring (bicyclic) bond motifs is 1. The Hall–Kier alpha value is -3.55. The van der Waals surface area contributed by atoms with Crippen LogP contribution in [0.5, 0.6) is 0 Å². The molecular weight excluding hydrogens is 384 g/mol. The molecule has 1 fully saturated rings. The molecule has 2 aliphatic rings. The number of imide groups is 1. The van der Waals surface area contributed by atoms with Crippen LogP contribution >= 0.6 is 0 Å². The first-order valence-corrected chi connectivity index (χ1v) is 9.88. The number of hydrogen-bond acceptors (Lipinski definition) is 5. The summed E-state index contributed by atoms with van der Waals surface area (Å²) in [4.78, 5) is 56.2. The molecule has 0 saturated carbocycles. The van der Waals surface area contributed by atoms with Crippen molar-refractivity contribution in [2.75, 3.05) is 20.1 Å². The highest BCUT2D eigenvalue weighted by Gasteiger charge is 2.34. The van der Waals surface area contributed by atoms with E-state index in [0.717, 1.165) is 10.5 Å². The van der Waals surface area contributed by atoms with Gasteiger partial charge >= 0.3 is 0 Å². The fourth-order valence-corrected chi connectivity index (χ4v) is 3.86. The van der Waals surface area contributed by atoms with Gasteiger partial charge in [0.25, 0.3) is 17.7 Å². The molecule has 0 spiro atoms. The molecule has 1 saturated heterocycles. The number of hydrogen-bond donors (Lipinski definition) is 1. The normalized spacial score (nSPS) is 16.6. The molecule has 4 rings (SSSR count). The second-order valence-electron chi connectivity index (χ2n) is 7.58. The van der Waals surface area contributed by atoms with Crippen molar-refractivity contribution in [2.24, 2.45) is 5.92 Å². The summed E-state index contributed by atoms with van der Waals surface area (Å²) in [6, 6.07) is 8.34. The Morgan fingerprint density at radius 1 is 1.10 bits per heavy atom. The lowest BCUT2D eigenvalue weighted by atomic mass is 9.95. The van der Waals surface area contributed by atoms with Crippen molar-refractivity contribution in [1.29, 1.82) is 0 Å². The van der Waals surface area contributed by atoms with Crippen LogP contribution in [-0.2, 0) is 11.3 Å². The van der Waals surface area contributed by atoms with Crippen molar-refractivity contribution in [2.45, 2.75) is 19.4 Å². The van der Waals surface area contributed by atoms with Gasteiger partial charge in [-0.05, 0) is 42.7 Å². The van der Waals surface area contributed by atoms with E-state index in [9.17, 15) is 19.2 Å². The lowest BCUT2D eigenvalue weighted by molar-refractivity contribution is -0.126. The van der Waals surface area contributed by atoms with Crippen LogP contribution in [0.15, 0.2) is 42.7 Å². The minimum Gasteiger partial charge on any atom is -0.352 e. The van der Waals surface area contributed by atoms with Gasteiger partial charge in [-0.3, -0.25) is 29.1 Å². The van der Waals surface area contributed by atoms with Crippen molar-refractivity contribution < 1.29 is 19.2 Å². The number of nitrogens with one attached hydrogen (secondary N) is 1. The first-order chi connectivity index (χ1) is 14.5. The van der Waals surface area contributed by atoms with E-state index in [-0.39, 0.29) is 29.2 Å². The Morgan fingerprint density at radius 2 is 1.83 bits per heavy atom. The molecular formula is C22H22N4O4. The molecule has 0 unspecified atom stereocenters. The van der Waals surface area contributed by atoms with Gasteiger partial charge in [-0.15, -0.1) is 0 Å². The molecule has 1 aromatic carbocycles. The number of rotatable bonds is 4. The zero-order chi connectivity index (χ0) is 21.3. The highest BCUT2D eigenvalue weighted by molar-refractivity contribution is 6.21. The predicted octanol–water partition coefficient (Wildman–Crippen LogP) is 1.48. The van der Waals surface area contributed by atoms with Crippen LogP contribution in [0.1, 0.15) is 49.5 Å². The van der Waals surface area contributed by atoms with Crippen LogP contribution in [0.3, 0.4) is 0 Å². The molecule has 3 heterocycles. The van der Waals surface area contributed by atoms with Gasteiger partial charge in [0.1, 0.15) is 0 Å². The maximum absolute atomic E-state index is 12.9. The summed E-state index contributed by atoms with van der Waals surface area (Å²) in [7, 11) is 1.43. The molecule has 1 aromatic heterocycles. The van der Waals surface area contributed by atoms with E-state index in [1.54, 1.807) is 23.4 Å². The summed E-state index contributed by atoms with van der Waals surface area (Å²) in [5.74, 6) is -1.10. The van der Waals surface area contributed by atoms with Gasteiger partial charge in [-0.25, -0.2) is 0 Å². The molecule has 8 heteroatoms. The van der Waals surface area contributed by atoms with E-state index in [4.69, 9.17) is 0 Å². The van der Waals surface area contributed by atoms with Crippen LogP contribution in [-0.4, -0.2) is 58.5 Å². The second-order valence-corrected chi connectivity index (χ2v) is 7.58. The Balaban J connectivity index is 1.34. The first kappa shape index (κ1) is 19.8. The number of pyridine rings is 1. The molecule has 1 N–H and O–H groups in total. The lowest BCUT2D eigenvalue weighted by Crippen LogP contribution is -2.43. The maximum atomic E-state index is 12.9. The highest BCUT2D eigenvalue weighted by Crippen LogP contribution is 2.25. The van der Waals surface area contributed by atoms with Gasteiger partial charge in [-0.2, -0.15) is 0 Å². The van der Waals surface area contributed by atoms with Gasteiger partial charge in [-0.1, -0.05) is 6.07 Å². The molecule has 2 aromatic rings. The molecule has 4 amide bonds. The zero-order valence-corrected chi connectivity index (χ0v) is 16.6. The summed E-state index contributed by atoms with van der Waals surface area (Å²) in [6.07, 6.45) is 4.56. The summed E-state index contributed by atoms with van der Waals surface area (Å²) in [5, 5.41) is 2.93.